The standard InChI is InChI=1S/C21H4F7N5/c22-19-4-13(12(6-30)7-31)11(5-29)1-14(19)15(8-32)10-2-17(20(23,24)25)16(9-33)18(3-10)21(26,27)28/h1-4H/b15-14+. The number of hydrogen-bond acceptors (Lipinski definition) is 5. The third-order valence-corrected chi connectivity index (χ3v) is 4.25. The number of alkyl halides is 6. The Bertz CT molecular complexity index is 1450. The van der Waals surface area contributed by atoms with Gasteiger partial charge in [0.1, 0.15) is 35.7 Å². The van der Waals surface area contributed by atoms with E-state index in [9.17, 15) is 41.3 Å². The minimum atomic E-state index is -5.43. The van der Waals surface area contributed by atoms with E-state index in [-0.39, 0.29) is 12.1 Å². The van der Waals surface area contributed by atoms with Gasteiger partial charge in [0, 0.05) is 10.4 Å². The lowest BCUT2D eigenvalue weighted by molar-refractivity contribution is -0.143. The molecule has 0 unspecified atom stereocenters. The predicted molar refractivity (Wildman–Crippen MR) is 94.3 cm³/mol. The van der Waals surface area contributed by atoms with E-state index in [0.717, 1.165) is 6.07 Å². The molecule has 5 nitrogen and oxygen atoms in total. The molecule has 0 N–H and O–H groups in total. The molecule has 0 saturated carbocycles. The van der Waals surface area contributed by atoms with Crippen LogP contribution >= 0.6 is 0 Å². The summed E-state index contributed by atoms with van der Waals surface area (Å²) in [6.45, 7) is 0. The highest BCUT2D eigenvalue weighted by atomic mass is 19.4. The van der Waals surface area contributed by atoms with Gasteiger partial charge in [-0.2, -0.15) is 52.7 Å². The van der Waals surface area contributed by atoms with Crippen molar-refractivity contribution in [2.24, 2.45) is 0 Å². The molecule has 2 rings (SSSR count). The van der Waals surface area contributed by atoms with Crippen LogP contribution in [0.4, 0.5) is 30.7 Å². The molecule has 0 aliphatic rings. The minimum Gasteiger partial charge on any atom is -0.206 e. The van der Waals surface area contributed by atoms with Gasteiger partial charge in [0.15, 0.2) is 0 Å². The molecule has 0 radical (unpaired) electrons. The SMILES string of the molecule is N#CC(C#N)=c1cc(F)/c(=C(\C#N)c2cc(C(F)(F)F)c(C#N)c(C(F)(F)F)c2)cc1C#N. The second-order valence-electron chi connectivity index (χ2n) is 6.13. The molecule has 12 heteroatoms. The maximum absolute atomic E-state index is 14.7. The molecular weight excluding hydrogens is 455 g/mol. The summed E-state index contributed by atoms with van der Waals surface area (Å²) in [6, 6.07) is 7.80. The van der Waals surface area contributed by atoms with Crippen molar-refractivity contribution in [2.75, 3.05) is 0 Å². The first-order valence-electron chi connectivity index (χ1n) is 8.25. The van der Waals surface area contributed by atoms with Crippen LogP contribution in [0.15, 0.2) is 24.3 Å². The number of nitriles is 5. The van der Waals surface area contributed by atoms with Crippen LogP contribution in [-0.2, 0) is 12.4 Å². The van der Waals surface area contributed by atoms with Crippen LogP contribution in [0, 0.1) is 62.5 Å². The summed E-state index contributed by atoms with van der Waals surface area (Å²) in [5, 5.41) is 44.1. The highest BCUT2D eigenvalue weighted by molar-refractivity contribution is 5.79. The molecule has 0 aliphatic carbocycles. The molecule has 2 aromatic carbocycles. The van der Waals surface area contributed by atoms with Crippen LogP contribution in [0.1, 0.15) is 27.8 Å². The first-order chi connectivity index (χ1) is 15.3. The molecule has 0 spiro atoms. The fourth-order valence-electron chi connectivity index (χ4n) is 2.84. The summed E-state index contributed by atoms with van der Waals surface area (Å²) in [6.07, 6.45) is -10.9. The molecular formula is C21H4F7N5. The van der Waals surface area contributed by atoms with Crippen LogP contribution in [-0.4, -0.2) is 0 Å². The Morgan fingerprint density at radius 2 is 1.18 bits per heavy atom. The number of hydrogen-bond donors (Lipinski definition) is 0. The number of rotatable bonds is 1. The van der Waals surface area contributed by atoms with Crippen molar-refractivity contribution in [1.29, 1.82) is 26.3 Å². The smallest absolute Gasteiger partial charge is 0.206 e. The van der Waals surface area contributed by atoms with Gasteiger partial charge in [-0.25, -0.2) is 4.39 Å². The van der Waals surface area contributed by atoms with E-state index in [1.807, 2.05) is 0 Å². The predicted octanol–water partition coefficient (Wildman–Crippen LogP) is 3.53. The van der Waals surface area contributed by atoms with Crippen LogP contribution in [0.25, 0.3) is 11.1 Å². The van der Waals surface area contributed by atoms with Crippen molar-refractivity contribution in [2.45, 2.75) is 12.4 Å². The zero-order valence-electron chi connectivity index (χ0n) is 15.7. The van der Waals surface area contributed by atoms with Crippen molar-refractivity contribution in [3.05, 3.63) is 68.3 Å². The molecule has 0 heterocycles. The van der Waals surface area contributed by atoms with E-state index in [1.54, 1.807) is 0 Å². The van der Waals surface area contributed by atoms with E-state index in [2.05, 4.69) is 0 Å². The molecule has 0 fully saturated rings. The fourth-order valence-corrected chi connectivity index (χ4v) is 2.84. The Kier molecular flexibility index (Phi) is 6.44. The maximum Gasteiger partial charge on any atom is 0.417 e. The first-order valence-corrected chi connectivity index (χ1v) is 8.25. The zero-order valence-corrected chi connectivity index (χ0v) is 15.7. The molecule has 0 atom stereocenters. The van der Waals surface area contributed by atoms with Gasteiger partial charge in [-0.1, -0.05) is 0 Å². The molecule has 0 bridgehead atoms. The molecule has 33 heavy (non-hydrogen) atoms. The second kappa shape index (κ2) is 8.71. The first kappa shape index (κ1) is 24.4. The molecule has 0 amide bonds. The summed E-state index contributed by atoms with van der Waals surface area (Å²) < 4.78 is 95.0. The number of benzene rings is 2. The van der Waals surface area contributed by atoms with Crippen LogP contribution in [0.3, 0.4) is 0 Å². The highest BCUT2D eigenvalue weighted by Crippen LogP contribution is 2.40. The lowest BCUT2D eigenvalue weighted by Crippen LogP contribution is -2.22. The average Bonchev–Trinajstić information content (AvgIpc) is 2.74. The summed E-state index contributed by atoms with van der Waals surface area (Å²) in [5.74, 6) is -1.39. The Labute approximate surface area is 180 Å². The third-order valence-electron chi connectivity index (χ3n) is 4.25. The normalized spacial score (nSPS) is 11.8. The molecule has 0 saturated heterocycles. The number of halogens is 7. The zero-order chi connectivity index (χ0) is 25.1. The van der Waals surface area contributed by atoms with Gasteiger partial charge in [-0.05, 0) is 29.8 Å². The Balaban J connectivity index is 3.17. The van der Waals surface area contributed by atoms with Crippen LogP contribution in [0.2, 0.25) is 0 Å². The third kappa shape index (κ3) is 4.59. The van der Waals surface area contributed by atoms with Gasteiger partial charge in [0.2, 0.25) is 0 Å². The summed E-state index contributed by atoms with van der Waals surface area (Å²) in [7, 11) is 0. The van der Waals surface area contributed by atoms with Gasteiger partial charge >= 0.3 is 12.4 Å². The number of nitrogens with zero attached hydrogens (tertiary/aromatic N) is 5. The molecule has 0 aliphatic heterocycles. The van der Waals surface area contributed by atoms with Crippen LogP contribution < -0.4 is 10.4 Å². The lowest BCUT2D eigenvalue weighted by atomic mass is 9.93. The topological polar surface area (TPSA) is 119 Å². The lowest BCUT2D eigenvalue weighted by Gasteiger charge is -2.16. The van der Waals surface area contributed by atoms with Crippen molar-refractivity contribution in [1.82, 2.24) is 0 Å². The Hall–Kier alpha value is -4.86. The van der Waals surface area contributed by atoms with E-state index in [1.165, 1.54) is 24.3 Å². The molecule has 2 aromatic rings. The monoisotopic (exact) mass is 459 g/mol. The summed E-state index contributed by atoms with van der Waals surface area (Å²) >= 11 is 0. The highest BCUT2D eigenvalue weighted by Gasteiger charge is 2.42. The molecule has 162 valence electrons. The van der Waals surface area contributed by atoms with Crippen molar-refractivity contribution < 1.29 is 30.7 Å². The van der Waals surface area contributed by atoms with E-state index >= 15 is 0 Å². The molecule has 0 aromatic heterocycles. The Morgan fingerprint density at radius 1 is 0.667 bits per heavy atom. The van der Waals surface area contributed by atoms with Crippen LogP contribution in [0.5, 0.6) is 0 Å². The van der Waals surface area contributed by atoms with E-state index < -0.39 is 67.6 Å². The van der Waals surface area contributed by atoms with Gasteiger partial charge < -0.3 is 0 Å². The summed E-state index contributed by atoms with van der Waals surface area (Å²) in [5.41, 5.74) is -8.96. The minimum absolute atomic E-state index is 0.0911. The second-order valence-corrected chi connectivity index (χ2v) is 6.13. The van der Waals surface area contributed by atoms with Gasteiger partial charge in [-0.15, -0.1) is 0 Å². The maximum atomic E-state index is 14.7. The average molecular weight is 459 g/mol. The van der Waals surface area contributed by atoms with Crippen molar-refractivity contribution in [3.8, 4) is 30.3 Å². The summed E-state index contributed by atoms with van der Waals surface area (Å²) in [4.78, 5) is 0. The Morgan fingerprint density at radius 3 is 1.55 bits per heavy atom. The quantitative estimate of drug-likeness (QED) is 0.605. The van der Waals surface area contributed by atoms with E-state index in [4.69, 9.17) is 15.8 Å². The van der Waals surface area contributed by atoms with Crippen molar-refractivity contribution >= 4 is 11.1 Å². The largest absolute Gasteiger partial charge is 0.417 e. The van der Waals surface area contributed by atoms with Gasteiger partial charge in [0.25, 0.3) is 0 Å². The van der Waals surface area contributed by atoms with Gasteiger partial charge in [0.05, 0.1) is 33.9 Å². The fraction of sp³-hybridized carbons (Fsp3) is 0.0952. The van der Waals surface area contributed by atoms with Gasteiger partial charge in [-0.3, -0.25) is 0 Å². The van der Waals surface area contributed by atoms with E-state index in [0.29, 0.717) is 12.1 Å². The van der Waals surface area contributed by atoms with Crippen molar-refractivity contribution in [3.63, 3.8) is 0 Å².